The van der Waals surface area contributed by atoms with Crippen molar-refractivity contribution in [1.82, 2.24) is 14.3 Å². The van der Waals surface area contributed by atoms with Gasteiger partial charge in [-0.3, -0.25) is 14.5 Å². The summed E-state index contributed by atoms with van der Waals surface area (Å²) >= 11 is 0. The number of amides is 2. The summed E-state index contributed by atoms with van der Waals surface area (Å²) in [6, 6.07) is 12.8. The van der Waals surface area contributed by atoms with Gasteiger partial charge in [0.05, 0.1) is 22.8 Å². The lowest BCUT2D eigenvalue weighted by atomic mass is 10.1. The zero-order chi connectivity index (χ0) is 15.1. The van der Waals surface area contributed by atoms with Gasteiger partial charge in [0.25, 0.3) is 11.8 Å². The van der Waals surface area contributed by atoms with Gasteiger partial charge in [0.1, 0.15) is 5.82 Å². The second-order valence-corrected chi connectivity index (χ2v) is 5.23. The Hall–Kier alpha value is -2.95. The van der Waals surface area contributed by atoms with Crippen molar-refractivity contribution in [3.63, 3.8) is 0 Å². The van der Waals surface area contributed by atoms with Crippen LogP contribution in [0.15, 0.2) is 54.9 Å². The lowest BCUT2D eigenvalue weighted by molar-refractivity contribution is 0.0655. The van der Waals surface area contributed by atoms with Gasteiger partial charge in [-0.15, -0.1) is 0 Å². The third-order valence-corrected chi connectivity index (χ3v) is 3.95. The van der Waals surface area contributed by atoms with E-state index >= 15 is 0 Å². The van der Waals surface area contributed by atoms with Gasteiger partial charge in [0.2, 0.25) is 0 Å². The van der Waals surface area contributed by atoms with Crippen molar-refractivity contribution in [3.8, 4) is 0 Å². The zero-order valence-electron chi connectivity index (χ0n) is 11.8. The smallest absolute Gasteiger partial charge is 0.261 e. The first-order chi connectivity index (χ1) is 10.8. The van der Waals surface area contributed by atoms with Crippen LogP contribution >= 0.6 is 0 Å². The molecule has 5 heteroatoms. The maximum Gasteiger partial charge on any atom is 0.261 e. The number of hydrogen-bond donors (Lipinski definition) is 0. The standard InChI is InChI=1S/C17H13N3O2/c21-16-13-6-1-2-7-14(13)17(22)20(16)10-8-15-18-11-12-5-3-4-9-19(12)15/h1-7,9,11H,8,10H2. The number of carbonyl (C=O) groups excluding carboxylic acids is 2. The largest absolute Gasteiger partial charge is 0.304 e. The Morgan fingerprint density at radius 2 is 1.59 bits per heavy atom. The van der Waals surface area contributed by atoms with Crippen LogP contribution in [0.3, 0.4) is 0 Å². The summed E-state index contributed by atoms with van der Waals surface area (Å²) in [6.45, 7) is 0.334. The van der Waals surface area contributed by atoms with E-state index in [0.717, 1.165) is 11.3 Å². The van der Waals surface area contributed by atoms with Gasteiger partial charge >= 0.3 is 0 Å². The molecule has 0 atom stereocenters. The maximum atomic E-state index is 12.3. The molecule has 108 valence electrons. The molecule has 0 aliphatic carbocycles. The van der Waals surface area contributed by atoms with Crippen LogP contribution in [0.1, 0.15) is 26.5 Å². The number of nitrogens with zero attached hydrogens (tertiary/aromatic N) is 3. The highest BCUT2D eigenvalue weighted by molar-refractivity contribution is 6.21. The first kappa shape index (κ1) is 12.8. The summed E-state index contributed by atoms with van der Waals surface area (Å²) in [5.74, 6) is 0.398. The summed E-state index contributed by atoms with van der Waals surface area (Å²) in [5, 5.41) is 0. The first-order valence-electron chi connectivity index (χ1n) is 7.12. The van der Waals surface area contributed by atoms with Gasteiger partial charge in [-0.1, -0.05) is 18.2 Å². The molecule has 4 rings (SSSR count). The zero-order valence-corrected chi connectivity index (χ0v) is 11.8. The Kier molecular flexibility index (Phi) is 2.79. The Morgan fingerprint density at radius 3 is 2.32 bits per heavy atom. The monoisotopic (exact) mass is 291 g/mol. The second-order valence-electron chi connectivity index (χ2n) is 5.23. The van der Waals surface area contributed by atoms with Crippen LogP contribution in [0.4, 0.5) is 0 Å². The van der Waals surface area contributed by atoms with Crippen molar-refractivity contribution >= 4 is 17.3 Å². The molecule has 0 spiro atoms. The number of hydrogen-bond acceptors (Lipinski definition) is 3. The van der Waals surface area contributed by atoms with E-state index in [2.05, 4.69) is 4.98 Å². The van der Waals surface area contributed by atoms with E-state index in [1.165, 1.54) is 4.90 Å². The molecular formula is C17H13N3O2. The molecule has 0 bridgehead atoms. The molecule has 2 amide bonds. The van der Waals surface area contributed by atoms with Crippen molar-refractivity contribution < 1.29 is 9.59 Å². The van der Waals surface area contributed by atoms with Crippen molar-refractivity contribution in [3.05, 3.63) is 71.8 Å². The quantitative estimate of drug-likeness (QED) is 0.695. The molecular weight excluding hydrogens is 278 g/mol. The molecule has 3 aromatic rings. The third kappa shape index (κ3) is 1.83. The van der Waals surface area contributed by atoms with Gasteiger partial charge in [-0.05, 0) is 24.3 Å². The topological polar surface area (TPSA) is 54.7 Å². The van der Waals surface area contributed by atoms with Gasteiger partial charge in [0.15, 0.2) is 0 Å². The van der Waals surface area contributed by atoms with Gasteiger partial charge in [-0.2, -0.15) is 0 Å². The third-order valence-electron chi connectivity index (χ3n) is 3.95. The molecule has 0 saturated carbocycles. The SMILES string of the molecule is O=C1c2ccccc2C(=O)N1CCc1ncc2ccccn12. The minimum Gasteiger partial charge on any atom is -0.304 e. The van der Waals surface area contributed by atoms with Crippen molar-refractivity contribution in [2.24, 2.45) is 0 Å². The van der Waals surface area contributed by atoms with Crippen LogP contribution < -0.4 is 0 Å². The summed E-state index contributed by atoms with van der Waals surface area (Å²) in [5.41, 5.74) is 1.97. The molecule has 0 unspecified atom stereocenters. The molecule has 22 heavy (non-hydrogen) atoms. The predicted octanol–water partition coefficient (Wildman–Crippen LogP) is 2.17. The summed E-state index contributed by atoms with van der Waals surface area (Å²) < 4.78 is 1.97. The number of aromatic nitrogens is 2. The molecule has 3 heterocycles. The molecule has 2 aromatic heterocycles. The highest BCUT2D eigenvalue weighted by atomic mass is 16.2. The fraction of sp³-hybridized carbons (Fsp3) is 0.118. The summed E-state index contributed by atoms with van der Waals surface area (Å²) in [7, 11) is 0. The minimum atomic E-state index is -0.221. The Morgan fingerprint density at radius 1 is 0.909 bits per heavy atom. The van der Waals surface area contributed by atoms with Crippen LogP contribution in [0, 0.1) is 0 Å². The van der Waals surface area contributed by atoms with Gasteiger partial charge in [-0.25, -0.2) is 4.98 Å². The highest BCUT2D eigenvalue weighted by Gasteiger charge is 2.34. The minimum absolute atomic E-state index is 0.221. The van der Waals surface area contributed by atoms with E-state index in [1.54, 1.807) is 30.5 Å². The number of rotatable bonds is 3. The number of fused-ring (bicyclic) bond motifs is 2. The number of carbonyl (C=O) groups is 2. The van der Waals surface area contributed by atoms with Crippen molar-refractivity contribution in [1.29, 1.82) is 0 Å². The van der Waals surface area contributed by atoms with E-state index in [9.17, 15) is 9.59 Å². The normalized spacial score (nSPS) is 13.9. The predicted molar refractivity (Wildman–Crippen MR) is 80.7 cm³/mol. The van der Waals surface area contributed by atoms with Crippen LogP contribution in [-0.2, 0) is 6.42 Å². The fourth-order valence-corrected chi connectivity index (χ4v) is 2.84. The summed E-state index contributed by atoms with van der Waals surface area (Å²) in [4.78, 5) is 30.3. The molecule has 1 aliphatic heterocycles. The average Bonchev–Trinajstić information content (AvgIpc) is 3.07. The van der Waals surface area contributed by atoms with Crippen LogP contribution in [0.25, 0.3) is 5.52 Å². The van der Waals surface area contributed by atoms with Crippen molar-refractivity contribution in [2.45, 2.75) is 6.42 Å². The molecule has 0 saturated heterocycles. The highest BCUT2D eigenvalue weighted by Crippen LogP contribution is 2.22. The van der Waals surface area contributed by atoms with E-state index in [4.69, 9.17) is 0 Å². The Labute approximate surface area is 126 Å². The lowest BCUT2D eigenvalue weighted by Gasteiger charge is -2.13. The number of imide groups is 1. The fourth-order valence-electron chi connectivity index (χ4n) is 2.84. The lowest BCUT2D eigenvalue weighted by Crippen LogP contribution is -2.32. The van der Waals surface area contributed by atoms with Crippen LogP contribution in [-0.4, -0.2) is 32.6 Å². The number of pyridine rings is 1. The van der Waals surface area contributed by atoms with Crippen LogP contribution in [0.5, 0.6) is 0 Å². The molecule has 0 radical (unpaired) electrons. The van der Waals surface area contributed by atoms with Gasteiger partial charge in [0, 0.05) is 19.2 Å². The van der Waals surface area contributed by atoms with E-state index in [-0.39, 0.29) is 11.8 Å². The van der Waals surface area contributed by atoms with Crippen LogP contribution in [0.2, 0.25) is 0 Å². The van der Waals surface area contributed by atoms with E-state index in [0.29, 0.717) is 24.1 Å². The average molecular weight is 291 g/mol. The van der Waals surface area contributed by atoms with Crippen molar-refractivity contribution in [2.75, 3.05) is 6.54 Å². The molecule has 5 nitrogen and oxygen atoms in total. The second kappa shape index (κ2) is 4.80. The van der Waals surface area contributed by atoms with Gasteiger partial charge < -0.3 is 4.40 Å². The Bertz CT molecular complexity index is 863. The maximum absolute atomic E-state index is 12.3. The van der Waals surface area contributed by atoms with E-state index < -0.39 is 0 Å². The van der Waals surface area contributed by atoms with E-state index in [1.807, 2.05) is 28.8 Å². The molecule has 0 fully saturated rings. The summed E-state index contributed by atoms with van der Waals surface area (Å²) in [6.07, 6.45) is 4.25. The first-order valence-corrected chi connectivity index (χ1v) is 7.12. The molecule has 0 N–H and O–H groups in total. The number of imidazole rings is 1. The Balaban J connectivity index is 1.58. The molecule has 1 aromatic carbocycles. The molecule has 1 aliphatic rings. The number of benzene rings is 1.